The Kier molecular flexibility index (Phi) is 4.30. The fourth-order valence-electron chi connectivity index (χ4n) is 1.97. The molecule has 0 aromatic heterocycles. The van der Waals surface area contributed by atoms with E-state index in [1.165, 1.54) is 0 Å². The summed E-state index contributed by atoms with van der Waals surface area (Å²) in [7, 11) is 3.22. The van der Waals surface area contributed by atoms with Crippen molar-refractivity contribution in [2.24, 2.45) is 5.73 Å². The first kappa shape index (κ1) is 13.7. The topological polar surface area (TPSA) is 44.5 Å². The molecule has 2 aromatic rings. The van der Waals surface area contributed by atoms with E-state index in [-0.39, 0.29) is 6.04 Å². The van der Waals surface area contributed by atoms with Gasteiger partial charge in [0.2, 0.25) is 0 Å². The van der Waals surface area contributed by atoms with Crippen LogP contribution < -0.4 is 15.2 Å². The van der Waals surface area contributed by atoms with Crippen LogP contribution in [0, 0.1) is 0 Å². The molecule has 100 valence electrons. The quantitative estimate of drug-likeness (QED) is 0.931. The lowest BCUT2D eigenvalue weighted by molar-refractivity contribution is 0.390. The summed E-state index contributed by atoms with van der Waals surface area (Å²) >= 11 is 6.18. The Morgan fingerprint density at radius 1 is 1.00 bits per heavy atom. The van der Waals surface area contributed by atoms with Gasteiger partial charge in [0.1, 0.15) is 11.5 Å². The Labute approximate surface area is 117 Å². The van der Waals surface area contributed by atoms with Crippen LogP contribution in [0.15, 0.2) is 42.5 Å². The van der Waals surface area contributed by atoms with Crippen molar-refractivity contribution in [1.82, 2.24) is 0 Å². The summed E-state index contributed by atoms with van der Waals surface area (Å²) in [4.78, 5) is 0. The van der Waals surface area contributed by atoms with Gasteiger partial charge in [-0.05, 0) is 23.8 Å². The monoisotopic (exact) mass is 277 g/mol. The van der Waals surface area contributed by atoms with Crippen LogP contribution in [0.5, 0.6) is 11.5 Å². The van der Waals surface area contributed by atoms with Gasteiger partial charge in [0.15, 0.2) is 0 Å². The van der Waals surface area contributed by atoms with Crippen molar-refractivity contribution >= 4 is 11.6 Å². The summed E-state index contributed by atoms with van der Waals surface area (Å²) in [5.74, 6) is 1.42. The second-order valence-corrected chi connectivity index (χ2v) is 4.51. The van der Waals surface area contributed by atoms with Crippen LogP contribution in [-0.4, -0.2) is 14.2 Å². The minimum absolute atomic E-state index is 0.338. The van der Waals surface area contributed by atoms with E-state index < -0.39 is 0 Å². The number of benzene rings is 2. The summed E-state index contributed by atoms with van der Waals surface area (Å²) in [6, 6.07) is 12.8. The zero-order chi connectivity index (χ0) is 13.8. The van der Waals surface area contributed by atoms with Gasteiger partial charge in [-0.15, -0.1) is 0 Å². The normalized spacial score (nSPS) is 12.0. The molecule has 0 spiro atoms. The zero-order valence-electron chi connectivity index (χ0n) is 10.9. The molecule has 0 aliphatic carbocycles. The Bertz CT molecular complexity index is 572. The summed E-state index contributed by atoms with van der Waals surface area (Å²) in [5, 5.41) is 0.646. The van der Waals surface area contributed by atoms with Crippen molar-refractivity contribution in [3.8, 4) is 11.5 Å². The number of halogens is 1. The molecule has 2 N–H and O–H groups in total. The lowest BCUT2D eigenvalue weighted by atomic mass is 9.98. The maximum Gasteiger partial charge on any atom is 0.127 e. The van der Waals surface area contributed by atoms with Gasteiger partial charge in [-0.3, -0.25) is 0 Å². The lowest BCUT2D eigenvalue weighted by Crippen LogP contribution is -2.13. The Balaban J connectivity index is 2.44. The SMILES string of the molecule is COc1ccc(C(N)c2ccccc2Cl)c(OC)c1. The van der Waals surface area contributed by atoms with Crippen molar-refractivity contribution in [2.45, 2.75) is 6.04 Å². The number of nitrogens with two attached hydrogens (primary N) is 1. The number of rotatable bonds is 4. The average molecular weight is 278 g/mol. The molecule has 0 saturated carbocycles. The van der Waals surface area contributed by atoms with Gasteiger partial charge in [0.25, 0.3) is 0 Å². The van der Waals surface area contributed by atoms with Gasteiger partial charge in [0, 0.05) is 16.7 Å². The van der Waals surface area contributed by atoms with Gasteiger partial charge >= 0.3 is 0 Å². The number of methoxy groups -OCH3 is 2. The fraction of sp³-hybridized carbons (Fsp3) is 0.200. The smallest absolute Gasteiger partial charge is 0.127 e. The first-order chi connectivity index (χ1) is 9.17. The maximum absolute atomic E-state index is 6.28. The van der Waals surface area contributed by atoms with E-state index in [4.69, 9.17) is 26.8 Å². The molecule has 0 fully saturated rings. The highest BCUT2D eigenvalue weighted by Crippen LogP contribution is 2.33. The van der Waals surface area contributed by atoms with E-state index in [0.29, 0.717) is 10.8 Å². The largest absolute Gasteiger partial charge is 0.497 e. The van der Waals surface area contributed by atoms with E-state index in [2.05, 4.69) is 0 Å². The molecule has 1 unspecified atom stereocenters. The Morgan fingerprint density at radius 3 is 2.37 bits per heavy atom. The molecule has 0 radical (unpaired) electrons. The molecule has 0 amide bonds. The van der Waals surface area contributed by atoms with Gasteiger partial charge < -0.3 is 15.2 Å². The molecule has 0 bridgehead atoms. The molecule has 0 aliphatic rings. The first-order valence-electron chi connectivity index (χ1n) is 5.89. The average Bonchev–Trinajstić information content (AvgIpc) is 2.46. The molecule has 0 saturated heterocycles. The lowest BCUT2D eigenvalue weighted by Gasteiger charge is -2.18. The maximum atomic E-state index is 6.28. The van der Waals surface area contributed by atoms with E-state index in [0.717, 1.165) is 16.9 Å². The van der Waals surface area contributed by atoms with Crippen LogP contribution in [0.2, 0.25) is 5.02 Å². The van der Waals surface area contributed by atoms with Crippen LogP contribution >= 0.6 is 11.6 Å². The molecule has 3 nitrogen and oxygen atoms in total. The number of hydrogen-bond acceptors (Lipinski definition) is 3. The molecular weight excluding hydrogens is 262 g/mol. The number of ether oxygens (including phenoxy) is 2. The predicted molar refractivity (Wildman–Crippen MR) is 77.0 cm³/mol. The van der Waals surface area contributed by atoms with Gasteiger partial charge in [-0.1, -0.05) is 29.8 Å². The second-order valence-electron chi connectivity index (χ2n) is 4.11. The van der Waals surface area contributed by atoms with E-state index >= 15 is 0 Å². The molecule has 0 aliphatic heterocycles. The van der Waals surface area contributed by atoms with Gasteiger partial charge in [-0.25, -0.2) is 0 Å². The summed E-state index contributed by atoms with van der Waals surface area (Å²) in [6.45, 7) is 0. The van der Waals surface area contributed by atoms with Crippen LogP contribution in [0.25, 0.3) is 0 Å². The van der Waals surface area contributed by atoms with Crippen molar-refractivity contribution in [1.29, 1.82) is 0 Å². The minimum atomic E-state index is -0.338. The van der Waals surface area contributed by atoms with Crippen LogP contribution in [0.3, 0.4) is 0 Å². The minimum Gasteiger partial charge on any atom is -0.497 e. The van der Waals surface area contributed by atoms with E-state index in [9.17, 15) is 0 Å². The standard InChI is InChI=1S/C15H16ClNO2/c1-18-10-7-8-12(14(9-10)19-2)15(17)11-5-3-4-6-13(11)16/h3-9,15H,17H2,1-2H3. The van der Waals surface area contributed by atoms with Crippen molar-refractivity contribution in [3.63, 3.8) is 0 Å². The highest BCUT2D eigenvalue weighted by Gasteiger charge is 2.16. The number of hydrogen-bond donors (Lipinski definition) is 1. The highest BCUT2D eigenvalue weighted by atomic mass is 35.5. The molecule has 0 heterocycles. The van der Waals surface area contributed by atoms with Crippen LogP contribution in [0.1, 0.15) is 17.2 Å². The van der Waals surface area contributed by atoms with Crippen molar-refractivity contribution in [3.05, 3.63) is 58.6 Å². The van der Waals surface area contributed by atoms with Gasteiger partial charge in [0.05, 0.1) is 20.3 Å². The van der Waals surface area contributed by atoms with E-state index in [1.807, 2.05) is 42.5 Å². The predicted octanol–water partition coefficient (Wildman–Crippen LogP) is 3.41. The van der Waals surface area contributed by atoms with Crippen LogP contribution in [0.4, 0.5) is 0 Å². The molecular formula is C15H16ClNO2. The molecule has 4 heteroatoms. The molecule has 2 rings (SSSR count). The summed E-state index contributed by atoms with van der Waals surface area (Å²) in [5.41, 5.74) is 8.02. The van der Waals surface area contributed by atoms with Crippen molar-refractivity contribution in [2.75, 3.05) is 14.2 Å². The highest BCUT2D eigenvalue weighted by molar-refractivity contribution is 6.31. The fourth-order valence-corrected chi connectivity index (χ4v) is 2.22. The second kappa shape index (κ2) is 5.95. The molecule has 2 aromatic carbocycles. The molecule has 19 heavy (non-hydrogen) atoms. The first-order valence-corrected chi connectivity index (χ1v) is 6.27. The summed E-state index contributed by atoms with van der Waals surface area (Å²) in [6.07, 6.45) is 0. The zero-order valence-corrected chi connectivity index (χ0v) is 11.6. The summed E-state index contributed by atoms with van der Waals surface area (Å²) < 4.78 is 10.5. The van der Waals surface area contributed by atoms with Gasteiger partial charge in [-0.2, -0.15) is 0 Å². The Morgan fingerprint density at radius 2 is 1.74 bits per heavy atom. The third-order valence-electron chi connectivity index (χ3n) is 3.02. The van der Waals surface area contributed by atoms with E-state index in [1.54, 1.807) is 14.2 Å². The van der Waals surface area contributed by atoms with Crippen LogP contribution in [-0.2, 0) is 0 Å². The third-order valence-corrected chi connectivity index (χ3v) is 3.36. The molecule has 1 atom stereocenters. The van der Waals surface area contributed by atoms with Crippen molar-refractivity contribution < 1.29 is 9.47 Å². The third kappa shape index (κ3) is 2.83. The Hall–Kier alpha value is -1.71.